The molecule has 0 aliphatic heterocycles. The van der Waals surface area contributed by atoms with Gasteiger partial charge in [0.2, 0.25) is 5.91 Å². The number of carbonyl (C=O) groups is 1. The van der Waals surface area contributed by atoms with Gasteiger partial charge in [0.05, 0.1) is 29.9 Å². The number of rotatable bonds is 5. The molecule has 2 aromatic heterocycles. The van der Waals surface area contributed by atoms with E-state index < -0.39 is 0 Å². The number of amides is 1. The molecule has 1 amide bonds. The van der Waals surface area contributed by atoms with Crippen LogP contribution in [-0.4, -0.2) is 25.5 Å². The molecule has 5 rings (SSSR count). The molecular weight excluding hydrogens is 402 g/mol. The van der Waals surface area contributed by atoms with E-state index >= 15 is 0 Å². The highest BCUT2D eigenvalue weighted by Crippen LogP contribution is 2.30. The van der Waals surface area contributed by atoms with Gasteiger partial charge in [-0.25, -0.2) is 4.68 Å². The highest BCUT2D eigenvalue weighted by atomic mass is 16.2. The second kappa shape index (κ2) is 8.42. The van der Waals surface area contributed by atoms with Crippen molar-refractivity contribution in [3.05, 3.63) is 93.7 Å². The first-order valence-electron chi connectivity index (χ1n) is 10.9. The summed E-state index contributed by atoms with van der Waals surface area (Å²) in [4.78, 5) is 25.6. The number of fused-ring (bicyclic) bond motifs is 2. The molecule has 7 heteroatoms. The summed E-state index contributed by atoms with van der Waals surface area (Å²) in [6, 6.07) is 17.5. The molecular formula is C25H25N5O2. The average Bonchev–Trinajstić information content (AvgIpc) is 3.22. The van der Waals surface area contributed by atoms with Gasteiger partial charge in [0.15, 0.2) is 0 Å². The zero-order valence-corrected chi connectivity index (χ0v) is 18.0. The molecule has 1 aliphatic carbocycles. The van der Waals surface area contributed by atoms with Crippen LogP contribution in [0.1, 0.15) is 41.4 Å². The fourth-order valence-electron chi connectivity index (χ4n) is 4.55. The lowest BCUT2D eigenvalue weighted by Crippen LogP contribution is -2.37. The van der Waals surface area contributed by atoms with Crippen molar-refractivity contribution in [1.82, 2.24) is 24.9 Å². The van der Waals surface area contributed by atoms with Crippen LogP contribution in [0.5, 0.6) is 0 Å². The van der Waals surface area contributed by atoms with Gasteiger partial charge in [0, 0.05) is 16.6 Å². The predicted molar refractivity (Wildman–Crippen MR) is 122 cm³/mol. The van der Waals surface area contributed by atoms with Crippen LogP contribution < -0.4 is 10.9 Å². The van der Waals surface area contributed by atoms with Crippen molar-refractivity contribution in [3.8, 4) is 0 Å². The fraction of sp³-hybridized carbons (Fsp3) is 0.280. The van der Waals surface area contributed by atoms with Crippen LogP contribution in [0.15, 0.2) is 65.6 Å². The number of aryl methyl sites for hydroxylation is 1. The Bertz CT molecular complexity index is 1340. The maximum absolute atomic E-state index is 12.8. The normalized spacial score (nSPS) is 15.5. The minimum atomic E-state index is -0.249. The van der Waals surface area contributed by atoms with Crippen molar-refractivity contribution < 1.29 is 4.79 Å². The van der Waals surface area contributed by atoms with E-state index in [0.717, 1.165) is 35.9 Å². The number of benzene rings is 2. The Balaban J connectivity index is 1.34. The number of nitrogens with one attached hydrogen (secondary N) is 1. The molecule has 32 heavy (non-hydrogen) atoms. The van der Waals surface area contributed by atoms with Gasteiger partial charge in [0.1, 0.15) is 6.54 Å². The first kappa shape index (κ1) is 20.2. The third-order valence-corrected chi connectivity index (χ3v) is 6.12. The average molecular weight is 428 g/mol. The van der Waals surface area contributed by atoms with Crippen molar-refractivity contribution in [1.29, 1.82) is 0 Å². The van der Waals surface area contributed by atoms with Crippen LogP contribution in [0.4, 0.5) is 0 Å². The monoisotopic (exact) mass is 427 g/mol. The van der Waals surface area contributed by atoms with Gasteiger partial charge in [-0.1, -0.05) is 48.5 Å². The van der Waals surface area contributed by atoms with E-state index in [1.165, 1.54) is 15.9 Å². The van der Waals surface area contributed by atoms with E-state index in [1.54, 1.807) is 6.07 Å². The summed E-state index contributed by atoms with van der Waals surface area (Å²) in [7, 11) is 0. The minimum Gasteiger partial charge on any atom is -0.348 e. The molecule has 0 saturated carbocycles. The molecule has 1 atom stereocenters. The van der Waals surface area contributed by atoms with Crippen molar-refractivity contribution in [2.45, 2.75) is 45.3 Å². The second-order valence-corrected chi connectivity index (χ2v) is 8.30. The molecule has 0 unspecified atom stereocenters. The molecule has 1 aliphatic rings. The number of aromatic nitrogens is 4. The van der Waals surface area contributed by atoms with Gasteiger partial charge in [-0.05, 0) is 37.8 Å². The Hall–Kier alpha value is -3.74. The predicted octanol–water partition coefficient (Wildman–Crippen LogP) is 3.14. The van der Waals surface area contributed by atoms with Crippen LogP contribution in [0, 0.1) is 6.92 Å². The summed E-state index contributed by atoms with van der Waals surface area (Å²) in [6.07, 6.45) is 4.65. The zero-order chi connectivity index (χ0) is 22.1. The molecule has 7 nitrogen and oxygen atoms in total. The summed E-state index contributed by atoms with van der Waals surface area (Å²) in [6.45, 7) is 2.46. The summed E-state index contributed by atoms with van der Waals surface area (Å²) in [5, 5.41) is 13.4. The maximum Gasteiger partial charge on any atom is 0.275 e. The van der Waals surface area contributed by atoms with Gasteiger partial charge in [0.25, 0.3) is 5.56 Å². The Morgan fingerprint density at radius 1 is 1.06 bits per heavy atom. The highest BCUT2D eigenvalue weighted by molar-refractivity contribution is 5.83. The van der Waals surface area contributed by atoms with E-state index in [-0.39, 0.29) is 24.1 Å². The zero-order valence-electron chi connectivity index (χ0n) is 18.0. The van der Waals surface area contributed by atoms with Crippen molar-refractivity contribution in [2.24, 2.45) is 0 Å². The summed E-state index contributed by atoms with van der Waals surface area (Å²) in [5.74, 6) is -0.219. The van der Waals surface area contributed by atoms with Gasteiger partial charge in [-0.2, -0.15) is 10.2 Å². The first-order valence-corrected chi connectivity index (χ1v) is 10.9. The second-order valence-electron chi connectivity index (χ2n) is 8.30. The van der Waals surface area contributed by atoms with Crippen molar-refractivity contribution in [2.75, 3.05) is 0 Å². The van der Waals surface area contributed by atoms with Crippen LogP contribution in [0.2, 0.25) is 0 Å². The van der Waals surface area contributed by atoms with Gasteiger partial charge < -0.3 is 5.32 Å². The number of nitrogens with zero attached hydrogens (tertiary/aromatic N) is 4. The topological polar surface area (TPSA) is 81.8 Å². The lowest BCUT2D eigenvalue weighted by Gasteiger charge is -2.24. The SMILES string of the molecule is Cc1nn(CC(=O)N[C@@H]2CCCc3c2cnn3Cc2ccccc2)c(=O)c2ccccc12. The number of carbonyl (C=O) groups excluding carboxylic acids is 1. The van der Waals surface area contributed by atoms with Gasteiger partial charge in [-0.15, -0.1) is 0 Å². The minimum absolute atomic E-state index is 0.103. The number of hydrogen-bond acceptors (Lipinski definition) is 4. The lowest BCUT2D eigenvalue weighted by atomic mass is 9.93. The largest absolute Gasteiger partial charge is 0.348 e. The van der Waals surface area contributed by atoms with Gasteiger partial charge >= 0.3 is 0 Å². The van der Waals surface area contributed by atoms with Crippen LogP contribution >= 0.6 is 0 Å². The summed E-state index contributed by atoms with van der Waals surface area (Å²) in [5.41, 5.74) is 3.91. The van der Waals surface area contributed by atoms with Crippen molar-refractivity contribution >= 4 is 16.7 Å². The van der Waals surface area contributed by atoms with Crippen LogP contribution in [0.3, 0.4) is 0 Å². The van der Waals surface area contributed by atoms with E-state index in [9.17, 15) is 9.59 Å². The Kier molecular flexibility index (Phi) is 5.31. The van der Waals surface area contributed by atoms with E-state index in [2.05, 4.69) is 27.6 Å². The highest BCUT2D eigenvalue weighted by Gasteiger charge is 2.26. The molecule has 1 N–H and O–H groups in total. The van der Waals surface area contributed by atoms with Crippen LogP contribution in [0.25, 0.3) is 10.8 Å². The van der Waals surface area contributed by atoms with E-state index in [0.29, 0.717) is 11.9 Å². The standard InChI is InChI=1S/C25H25N5O2/c1-17-19-10-5-6-11-20(19)25(32)30(28-17)16-24(31)27-22-12-7-13-23-21(22)14-26-29(23)15-18-8-3-2-4-9-18/h2-6,8-11,14,22H,7,12-13,15-16H2,1H3,(H,27,31)/t22-/m1/s1. The van der Waals surface area contributed by atoms with E-state index in [1.807, 2.05) is 54.2 Å². The summed E-state index contributed by atoms with van der Waals surface area (Å²) >= 11 is 0. The molecule has 2 heterocycles. The molecule has 162 valence electrons. The fourth-order valence-corrected chi connectivity index (χ4v) is 4.55. The molecule has 0 saturated heterocycles. The van der Waals surface area contributed by atoms with Crippen LogP contribution in [-0.2, 0) is 24.3 Å². The third kappa shape index (κ3) is 3.82. The van der Waals surface area contributed by atoms with Gasteiger partial charge in [-0.3, -0.25) is 14.3 Å². The molecule has 0 spiro atoms. The lowest BCUT2D eigenvalue weighted by molar-refractivity contribution is -0.122. The first-order chi connectivity index (χ1) is 15.6. The Morgan fingerprint density at radius 3 is 2.62 bits per heavy atom. The van der Waals surface area contributed by atoms with E-state index in [4.69, 9.17) is 0 Å². The molecule has 4 aromatic rings. The molecule has 0 bridgehead atoms. The molecule has 0 radical (unpaired) electrons. The Morgan fingerprint density at radius 2 is 1.81 bits per heavy atom. The Labute approximate surface area is 185 Å². The third-order valence-electron chi connectivity index (χ3n) is 6.12. The molecule has 0 fully saturated rings. The number of hydrogen-bond donors (Lipinski definition) is 1. The summed E-state index contributed by atoms with van der Waals surface area (Å²) < 4.78 is 3.29. The van der Waals surface area contributed by atoms with Crippen molar-refractivity contribution in [3.63, 3.8) is 0 Å². The molecule has 2 aromatic carbocycles. The quantitative estimate of drug-likeness (QED) is 0.531. The smallest absolute Gasteiger partial charge is 0.275 e. The maximum atomic E-state index is 12.8.